The monoisotopic (exact) mass is 734 g/mol. The number of allylic oxidation sites excluding steroid dienone is 3. The van der Waals surface area contributed by atoms with Gasteiger partial charge in [0.2, 0.25) is 0 Å². The Balaban J connectivity index is 1.36. The minimum absolute atomic E-state index is 0.0287. The zero-order chi connectivity index (χ0) is 37.0. The average Bonchev–Trinajstić information content (AvgIpc) is 3.04. The molecular formula is C39H25ClF10O. The molecule has 0 amide bonds. The lowest BCUT2D eigenvalue weighted by atomic mass is 9.98. The second-order valence-corrected chi connectivity index (χ2v) is 11.7. The Bertz CT molecular complexity index is 2030. The van der Waals surface area contributed by atoms with Gasteiger partial charge in [0.1, 0.15) is 40.4 Å². The van der Waals surface area contributed by atoms with Crippen molar-refractivity contribution in [3.8, 4) is 39.1 Å². The number of rotatable bonds is 12. The van der Waals surface area contributed by atoms with Gasteiger partial charge in [-0.15, -0.1) is 6.58 Å². The van der Waals surface area contributed by atoms with E-state index < -0.39 is 91.2 Å². The maximum atomic E-state index is 15.2. The molecule has 0 heterocycles. The first-order valence-corrected chi connectivity index (χ1v) is 15.6. The quantitative estimate of drug-likeness (QED) is 0.0537. The largest absolute Gasteiger partial charge is 0.432 e. The highest BCUT2D eigenvalue weighted by atomic mass is 35.5. The van der Waals surface area contributed by atoms with Crippen LogP contribution in [0.2, 0.25) is 5.02 Å². The number of ether oxygens (including phenoxy) is 1. The second-order valence-electron chi connectivity index (χ2n) is 11.3. The Morgan fingerprint density at radius 3 is 1.65 bits per heavy atom. The summed E-state index contributed by atoms with van der Waals surface area (Å²) < 4.78 is 151. The van der Waals surface area contributed by atoms with Crippen LogP contribution in [-0.4, -0.2) is 0 Å². The molecular weight excluding hydrogens is 710 g/mol. The van der Waals surface area contributed by atoms with E-state index in [0.717, 1.165) is 24.8 Å². The first-order chi connectivity index (χ1) is 24.2. The van der Waals surface area contributed by atoms with Crippen LogP contribution >= 0.6 is 11.6 Å². The van der Waals surface area contributed by atoms with Crippen molar-refractivity contribution in [2.45, 2.75) is 31.8 Å². The summed E-state index contributed by atoms with van der Waals surface area (Å²) >= 11 is 6.08. The van der Waals surface area contributed by atoms with Crippen molar-refractivity contribution in [1.82, 2.24) is 0 Å². The fourth-order valence-corrected chi connectivity index (χ4v) is 5.67. The maximum Gasteiger partial charge on any atom is 0.432 e. The van der Waals surface area contributed by atoms with E-state index in [1.54, 1.807) is 24.3 Å². The highest BCUT2D eigenvalue weighted by Gasteiger charge is 2.41. The van der Waals surface area contributed by atoms with Crippen LogP contribution in [0.5, 0.6) is 5.75 Å². The zero-order valence-electron chi connectivity index (χ0n) is 26.3. The van der Waals surface area contributed by atoms with Crippen LogP contribution in [0.1, 0.15) is 30.4 Å². The van der Waals surface area contributed by atoms with Crippen LogP contribution in [-0.2, 0) is 12.5 Å². The lowest BCUT2D eigenvalue weighted by Crippen LogP contribution is -2.25. The summed E-state index contributed by atoms with van der Waals surface area (Å²) in [6.45, 7) is 3.66. The van der Waals surface area contributed by atoms with Crippen molar-refractivity contribution in [2.24, 2.45) is 0 Å². The van der Waals surface area contributed by atoms with Crippen molar-refractivity contribution in [3.05, 3.63) is 160 Å². The number of benzene rings is 5. The van der Waals surface area contributed by atoms with E-state index in [0.29, 0.717) is 60.5 Å². The SMILES string of the molecule is C=CCC/C=C/CCc1ccc(-c2cc(F)c(C(F)(F)Oc3cc(F)c(-c4cc(F)c(-c5cc(F)c(F)c(F)c5)c(F)c4)c(Cl)c3)c(F)c2)cc1. The van der Waals surface area contributed by atoms with E-state index in [1.807, 2.05) is 18.2 Å². The summed E-state index contributed by atoms with van der Waals surface area (Å²) in [4.78, 5) is 0. The summed E-state index contributed by atoms with van der Waals surface area (Å²) in [6, 6.07) is 10.9. The minimum atomic E-state index is -4.69. The molecule has 12 heteroatoms. The third-order valence-electron chi connectivity index (χ3n) is 7.79. The molecule has 0 aromatic heterocycles. The molecule has 0 aliphatic rings. The Labute approximate surface area is 291 Å². The summed E-state index contributed by atoms with van der Waals surface area (Å²) in [7, 11) is 0. The molecule has 264 valence electrons. The van der Waals surface area contributed by atoms with Gasteiger partial charge in [0, 0.05) is 11.6 Å². The molecule has 5 aromatic carbocycles. The fraction of sp³-hybridized carbons (Fsp3) is 0.128. The molecule has 51 heavy (non-hydrogen) atoms. The van der Waals surface area contributed by atoms with Gasteiger partial charge in [-0.05, 0) is 96.0 Å². The molecule has 0 radical (unpaired) electrons. The van der Waals surface area contributed by atoms with Crippen molar-refractivity contribution in [2.75, 3.05) is 0 Å². The Morgan fingerprint density at radius 1 is 0.569 bits per heavy atom. The van der Waals surface area contributed by atoms with Gasteiger partial charge in [-0.1, -0.05) is 54.1 Å². The van der Waals surface area contributed by atoms with Gasteiger partial charge in [-0.2, -0.15) is 8.78 Å². The van der Waals surface area contributed by atoms with Crippen LogP contribution in [0, 0.1) is 46.5 Å². The molecule has 0 atom stereocenters. The van der Waals surface area contributed by atoms with E-state index in [2.05, 4.69) is 11.3 Å². The minimum Gasteiger partial charge on any atom is -0.429 e. The van der Waals surface area contributed by atoms with Gasteiger partial charge in [-0.3, -0.25) is 0 Å². The number of hydrogen-bond donors (Lipinski definition) is 0. The van der Waals surface area contributed by atoms with Crippen LogP contribution < -0.4 is 4.74 Å². The van der Waals surface area contributed by atoms with Crippen LogP contribution in [0.4, 0.5) is 43.9 Å². The molecule has 1 nitrogen and oxygen atoms in total. The molecule has 0 N–H and O–H groups in total. The van der Waals surface area contributed by atoms with Crippen LogP contribution in [0.15, 0.2) is 97.6 Å². The van der Waals surface area contributed by atoms with Gasteiger partial charge in [0.15, 0.2) is 17.5 Å². The lowest BCUT2D eigenvalue weighted by molar-refractivity contribution is -0.189. The molecule has 0 spiro atoms. The maximum absolute atomic E-state index is 15.2. The summed E-state index contributed by atoms with van der Waals surface area (Å²) in [5.41, 5.74) is -3.42. The highest BCUT2D eigenvalue weighted by Crippen LogP contribution is 2.41. The first-order valence-electron chi connectivity index (χ1n) is 15.2. The van der Waals surface area contributed by atoms with E-state index in [-0.39, 0.29) is 5.56 Å². The predicted octanol–water partition coefficient (Wildman–Crippen LogP) is 13.0. The highest BCUT2D eigenvalue weighted by molar-refractivity contribution is 6.33. The van der Waals surface area contributed by atoms with Gasteiger partial charge in [0.25, 0.3) is 0 Å². The third kappa shape index (κ3) is 8.31. The molecule has 5 aromatic rings. The van der Waals surface area contributed by atoms with Gasteiger partial charge in [-0.25, -0.2) is 35.1 Å². The van der Waals surface area contributed by atoms with Crippen molar-refractivity contribution in [1.29, 1.82) is 0 Å². The lowest BCUT2D eigenvalue weighted by Gasteiger charge is -2.21. The number of unbranched alkanes of at least 4 members (excludes halogenated alkanes) is 1. The molecule has 0 aliphatic heterocycles. The molecule has 0 aliphatic carbocycles. The number of alkyl halides is 2. The van der Waals surface area contributed by atoms with E-state index >= 15 is 22.0 Å². The molecule has 5 rings (SSSR count). The Hall–Kier alpha value is -5.03. The molecule has 0 unspecified atom stereocenters. The molecule has 0 fully saturated rings. The molecule has 0 bridgehead atoms. The Kier molecular flexibility index (Phi) is 11.3. The van der Waals surface area contributed by atoms with Crippen LogP contribution in [0.3, 0.4) is 0 Å². The topological polar surface area (TPSA) is 9.23 Å². The summed E-state index contributed by atoms with van der Waals surface area (Å²) in [6.07, 6.45) is 4.46. The number of halogens is 11. The smallest absolute Gasteiger partial charge is 0.429 e. The summed E-state index contributed by atoms with van der Waals surface area (Å²) in [5, 5.41) is -0.699. The molecule has 0 saturated heterocycles. The molecule has 0 saturated carbocycles. The number of aryl methyl sites for hydroxylation is 1. The standard InChI is InChI=1S/C39H25ClF10O/c1-2-3-4-5-6-7-8-21-9-11-22(12-10-21)23-13-31(44)37(32(45)14-23)39(49,50)51-26-19-27(40)35(30(43)20-26)24-15-28(41)36(29(42)16-24)25-17-33(46)38(48)34(47)18-25/h2,5-6,9-20H,1,3-4,7-8H2/b6-5+. The van der Waals surface area contributed by atoms with Crippen LogP contribution in [0.25, 0.3) is 33.4 Å². The van der Waals surface area contributed by atoms with Crippen molar-refractivity contribution < 1.29 is 48.6 Å². The third-order valence-corrected chi connectivity index (χ3v) is 8.09. The predicted molar refractivity (Wildman–Crippen MR) is 175 cm³/mol. The van der Waals surface area contributed by atoms with E-state index in [4.69, 9.17) is 11.6 Å². The fourth-order valence-electron chi connectivity index (χ4n) is 5.36. The van der Waals surface area contributed by atoms with E-state index in [9.17, 15) is 22.0 Å². The van der Waals surface area contributed by atoms with E-state index in [1.165, 1.54) is 0 Å². The summed E-state index contributed by atoms with van der Waals surface area (Å²) in [5.74, 6) is -13.9. The Morgan fingerprint density at radius 2 is 1.08 bits per heavy atom. The normalized spacial score (nSPS) is 11.7. The number of hydrogen-bond acceptors (Lipinski definition) is 1. The first kappa shape index (κ1) is 37.2. The van der Waals surface area contributed by atoms with Crippen molar-refractivity contribution in [3.63, 3.8) is 0 Å². The zero-order valence-corrected chi connectivity index (χ0v) is 27.0. The van der Waals surface area contributed by atoms with Crippen molar-refractivity contribution >= 4 is 11.6 Å². The van der Waals surface area contributed by atoms with Gasteiger partial charge >= 0.3 is 6.11 Å². The second kappa shape index (κ2) is 15.5. The van der Waals surface area contributed by atoms with Gasteiger partial charge < -0.3 is 4.74 Å². The average molecular weight is 735 g/mol. The van der Waals surface area contributed by atoms with Gasteiger partial charge in [0.05, 0.1) is 10.6 Å².